The van der Waals surface area contributed by atoms with Crippen molar-refractivity contribution >= 4 is 12.1 Å². The van der Waals surface area contributed by atoms with Gasteiger partial charge in [0.2, 0.25) is 5.88 Å². The van der Waals surface area contributed by atoms with Crippen molar-refractivity contribution in [2.45, 2.75) is 64.8 Å². The summed E-state index contributed by atoms with van der Waals surface area (Å²) in [4.78, 5) is 12.9. The molecule has 6 atom stereocenters. The number of carbonyl (C=O) groups is 1. The Bertz CT molecular complexity index is 555. The van der Waals surface area contributed by atoms with Crippen molar-refractivity contribution < 1.29 is 9.53 Å². The first-order chi connectivity index (χ1) is 12.6. The molecule has 0 radical (unpaired) electrons. The fourth-order valence-electron chi connectivity index (χ4n) is 5.57. The van der Waals surface area contributed by atoms with Crippen LogP contribution in [0.2, 0.25) is 0 Å². The first-order valence-corrected chi connectivity index (χ1v) is 10.4. The van der Waals surface area contributed by atoms with Crippen LogP contribution in [0.1, 0.15) is 58.8 Å². The molecule has 5 heteroatoms. The molecular formula is C21H35N3O2. The van der Waals surface area contributed by atoms with Gasteiger partial charge >= 0.3 is 0 Å². The maximum atomic E-state index is 12.9. The fourth-order valence-corrected chi connectivity index (χ4v) is 5.57. The van der Waals surface area contributed by atoms with Crippen LogP contribution < -0.4 is 10.6 Å². The van der Waals surface area contributed by atoms with E-state index in [1.807, 2.05) is 0 Å². The molecule has 4 saturated carbocycles. The van der Waals surface area contributed by atoms with Crippen LogP contribution in [0.4, 0.5) is 0 Å². The molecule has 5 unspecified atom stereocenters. The lowest BCUT2D eigenvalue weighted by Gasteiger charge is -2.32. The summed E-state index contributed by atoms with van der Waals surface area (Å²) in [6, 6.07) is 0.294. The summed E-state index contributed by atoms with van der Waals surface area (Å²) in [6.07, 6.45) is 9.80. The van der Waals surface area contributed by atoms with Crippen LogP contribution in [0.25, 0.3) is 0 Å². The van der Waals surface area contributed by atoms with Crippen LogP contribution in [0.3, 0.4) is 0 Å². The van der Waals surface area contributed by atoms with Gasteiger partial charge in [0.1, 0.15) is 5.57 Å². The molecule has 0 aromatic rings. The Morgan fingerprint density at radius 2 is 2.04 bits per heavy atom. The first-order valence-electron chi connectivity index (χ1n) is 10.4. The summed E-state index contributed by atoms with van der Waals surface area (Å²) in [5, 5.41) is 14.0. The average molecular weight is 362 g/mol. The quantitative estimate of drug-likeness (QED) is 0.317. The van der Waals surface area contributed by atoms with Crippen molar-refractivity contribution in [1.29, 1.82) is 5.41 Å². The van der Waals surface area contributed by atoms with Gasteiger partial charge in [0.05, 0.1) is 6.61 Å². The molecule has 0 saturated heterocycles. The SMILES string of the molecule is CCCC[C@H](C)CO/C(NC)=C(/C=N)C(=O)NC1C2CC3CC(C2)C1C3. The second kappa shape index (κ2) is 8.45. The summed E-state index contributed by atoms with van der Waals surface area (Å²) in [6.45, 7) is 4.92. The molecule has 4 rings (SSSR count). The standard InChI is InChI=1S/C21H35N3O2/c1-4-5-6-13(2)12-26-21(23-3)18(11-22)20(25)24-19-16-8-14-7-15(10-16)17(19)9-14/h11,13-17,19,22-23H,4-10,12H2,1-3H3,(H,24,25)/b21-18-,22-11?/t13-,14?,15?,16?,17?,19?/m0/s1. The minimum absolute atomic E-state index is 0.161. The topological polar surface area (TPSA) is 74.2 Å². The minimum Gasteiger partial charge on any atom is -0.478 e. The van der Waals surface area contributed by atoms with Crippen molar-refractivity contribution in [2.75, 3.05) is 13.7 Å². The second-order valence-electron chi connectivity index (χ2n) is 8.69. The molecule has 0 aliphatic heterocycles. The molecule has 0 heterocycles. The highest BCUT2D eigenvalue weighted by atomic mass is 16.5. The Balaban J connectivity index is 1.61. The normalized spacial score (nSPS) is 33.6. The minimum atomic E-state index is -0.161. The third-order valence-corrected chi connectivity index (χ3v) is 6.78. The second-order valence-corrected chi connectivity index (χ2v) is 8.69. The van der Waals surface area contributed by atoms with Crippen molar-refractivity contribution in [1.82, 2.24) is 10.6 Å². The Morgan fingerprint density at radius 3 is 2.69 bits per heavy atom. The largest absolute Gasteiger partial charge is 0.478 e. The van der Waals surface area contributed by atoms with Gasteiger partial charge in [-0.3, -0.25) is 4.79 Å². The van der Waals surface area contributed by atoms with E-state index in [4.69, 9.17) is 10.1 Å². The summed E-state index contributed by atoms with van der Waals surface area (Å²) < 4.78 is 5.87. The molecule has 3 N–H and O–H groups in total. The van der Waals surface area contributed by atoms with E-state index in [-0.39, 0.29) is 5.91 Å². The van der Waals surface area contributed by atoms with Gasteiger partial charge in [-0.1, -0.05) is 26.7 Å². The maximum absolute atomic E-state index is 12.9. The highest BCUT2D eigenvalue weighted by molar-refractivity contribution is 6.11. The molecule has 0 spiro atoms. The van der Waals surface area contributed by atoms with Crippen LogP contribution in [0.5, 0.6) is 0 Å². The number of hydrogen-bond donors (Lipinski definition) is 3. The third-order valence-electron chi connectivity index (χ3n) is 6.78. The summed E-state index contributed by atoms with van der Waals surface area (Å²) in [7, 11) is 1.75. The third kappa shape index (κ3) is 3.91. The van der Waals surface area contributed by atoms with E-state index >= 15 is 0 Å². The van der Waals surface area contributed by atoms with Crippen LogP contribution in [0.15, 0.2) is 11.5 Å². The number of rotatable bonds is 10. The van der Waals surface area contributed by atoms with Gasteiger partial charge in [-0.2, -0.15) is 0 Å². The van der Waals surface area contributed by atoms with Crippen LogP contribution >= 0.6 is 0 Å². The smallest absolute Gasteiger partial charge is 0.258 e. The lowest BCUT2D eigenvalue weighted by molar-refractivity contribution is -0.118. The molecule has 4 fully saturated rings. The van der Waals surface area contributed by atoms with Gasteiger partial charge in [0.25, 0.3) is 5.91 Å². The van der Waals surface area contributed by atoms with E-state index < -0.39 is 0 Å². The van der Waals surface area contributed by atoms with Gasteiger partial charge in [-0.05, 0) is 61.7 Å². The number of hydrogen-bond acceptors (Lipinski definition) is 4. The van der Waals surface area contributed by atoms with Gasteiger partial charge in [0.15, 0.2) is 0 Å². The molecule has 4 aliphatic carbocycles. The Hall–Kier alpha value is -1.52. The van der Waals surface area contributed by atoms with E-state index in [1.165, 1.54) is 38.5 Å². The molecule has 0 aromatic heterocycles. The number of carbonyl (C=O) groups excluding carboxylic acids is 1. The van der Waals surface area contributed by atoms with E-state index in [2.05, 4.69) is 24.5 Å². The number of unbranched alkanes of at least 4 members (excludes halogenated alkanes) is 1. The fraction of sp³-hybridized carbons (Fsp3) is 0.810. The van der Waals surface area contributed by atoms with E-state index in [0.29, 0.717) is 41.9 Å². The zero-order chi connectivity index (χ0) is 18.7. The van der Waals surface area contributed by atoms with Crippen molar-refractivity contribution in [2.24, 2.45) is 29.6 Å². The monoisotopic (exact) mass is 361 g/mol. The Morgan fingerprint density at radius 1 is 1.27 bits per heavy atom. The molecule has 0 aromatic carbocycles. The summed E-state index contributed by atoms with van der Waals surface area (Å²) >= 11 is 0. The van der Waals surface area contributed by atoms with E-state index in [0.717, 1.165) is 24.5 Å². The van der Waals surface area contributed by atoms with Gasteiger partial charge in [-0.25, -0.2) is 0 Å². The van der Waals surface area contributed by atoms with Crippen molar-refractivity contribution in [3.63, 3.8) is 0 Å². The molecule has 5 nitrogen and oxygen atoms in total. The van der Waals surface area contributed by atoms with Gasteiger partial charge in [0, 0.05) is 19.3 Å². The average Bonchev–Trinajstić information content (AvgIpc) is 3.05. The molecule has 1 amide bonds. The van der Waals surface area contributed by atoms with Gasteiger partial charge in [-0.15, -0.1) is 0 Å². The lowest BCUT2D eigenvalue weighted by atomic mass is 9.79. The maximum Gasteiger partial charge on any atom is 0.258 e. The van der Waals surface area contributed by atoms with E-state index in [9.17, 15) is 4.79 Å². The number of ether oxygens (including phenoxy) is 1. The zero-order valence-electron chi connectivity index (χ0n) is 16.5. The highest BCUT2D eigenvalue weighted by Gasteiger charge is 2.54. The lowest BCUT2D eigenvalue weighted by Crippen LogP contribution is -2.45. The molecule has 4 bridgehead atoms. The Kier molecular flexibility index (Phi) is 6.25. The van der Waals surface area contributed by atoms with Crippen molar-refractivity contribution in [3.05, 3.63) is 11.5 Å². The molecule has 26 heavy (non-hydrogen) atoms. The number of nitrogens with one attached hydrogen (secondary N) is 3. The van der Waals surface area contributed by atoms with Gasteiger partial charge < -0.3 is 20.8 Å². The van der Waals surface area contributed by atoms with Crippen LogP contribution in [-0.4, -0.2) is 31.8 Å². The van der Waals surface area contributed by atoms with Crippen LogP contribution in [0, 0.1) is 35.0 Å². The van der Waals surface area contributed by atoms with E-state index in [1.54, 1.807) is 7.05 Å². The number of amides is 1. The predicted molar refractivity (Wildman–Crippen MR) is 104 cm³/mol. The first kappa shape index (κ1) is 19.2. The molecular weight excluding hydrogens is 326 g/mol. The Labute approximate surface area is 157 Å². The molecule has 146 valence electrons. The highest BCUT2D eigenvalue weighted by Crippen LogP contribution is 2.58. The summed E-state index contributed by atoms with van der Waals surface area (Å²) in [5.41, 5.74) is 0.313. The van der Waals surface area contributed by atoms with Crippen LogP contribution in [-0.2, 0) is 9.53 Å². The van der Waals surface area contributed by atoms with Crippen molar-refractivity contribution in [3.8, 4) is 0 Å². The molecule has 4 aliphatic rings. The predicted octanol–water partition coefficient (Wildman–Crippen LogP) is 3.46. The zero-order valence-corrected chi connectivity index (χ0v) is 16.5. The summed E-state index contributed by atoms with van der Waals surface area (Å²) in [5.74, 6) is 3.71.